The van der Waals surface area contributed by atoms with Gasteiger partial charge in [0.15, 0.2) is 0 Å². The summed E-state index contributed by atoms with van der Waals surface area (Å²) >= 11 is 1.83. The Morgan fingerprint density at radius 3 is 2.81 bits per heavy atom. The van der Waals surface area contributed by atoms with E-state index in [0.717, 1.165) is 53.9 Å². The number of nitrogens with one attached hydrogen (secondary N) is 1. The molecule has 6 heteroatoms. The first kappa shape index (κ1) is 19.9. The highest BCUT2D eigenvalue weighted by molar-refractivity contribution is 7.19. The molecule has 144 valence electrons. The van der Waals surface area contributed by atoms with Gasteiger partial charge >= 0.3 is 0 Å². The molecule has 1 N–H and O–H groups in total. The monoisotopic (exact) mass is 403 g/mol. The van der Waals surface area contributed by atoms with Crippen molar-refractivity contribution in [3.63, 3.8) is 0 Å². The molecule has 2 aromatic heterocycles. The third kappa shape index (κ3) is 4.36. The molecule has 0 saturated carbocycles. The van der Waals surface area contributed by atoms with Crippen LogP contribution in [0, 0.1) is 5.92 Å². The predicted octanol–water partition coefficient (Wildman–Crippen LogP) is 6.16. The van der Waals surface area contributed by atoms with Crippen molar-refractivity contribution < 1.29 is 4.74 Å². The van der Waals surface area contributed by atoms with E-state index in [4.69, 9.17) is 4.74 Å². The highest BCUT2D eigenvalue weighted by Gasteiger charge is 2.23. The van der Waals surface area contributed by atoms with Crippen LogP contribution in [0.1, 0.15) is 43.6 Å². The molecular weight excluding hydrogens is 378 g/mol. The summed E-state index contributed by atoms with van der Waals surface area (Å²) in [5, 5.41) is 4.70. The maximum atomic E-state index is 5.74. The van der Waals surface area contributed by atoms with Gasteiger partial charge in [0, 0.05) is 10.6 Å². The van der Waals surface area contributed by atoms with Crippen LogP contribution >= 0.6 is 23.7 Å². The molecular formula is C21H26ClN3OS. The SMILES string of the molecule is CCCCOc1ccc(Nc2ncnc3sc4c(c23)CCC(C)C4)cc1.Cl. The molecule has 0 aliphatic heterocycles. The fourth-order valence-corrected chi connectivity index (χ4v) is 4.83. The number of benzene rings is 1. The van der Waals surface area contributed by atoms with Crippen molar-refractivity contribution in [3.05, 3.63) is 41.0 Å². The Kier molecular flexibility index (Phi) is 6.55. The van der Waals surface area contributed by atoms with Gasteiger partial charge in [0.1, 0.15) is 22.7 Å². The number of aryl methyl sites for hydroxylation is 1. The van der Waals surface area contributed by atoms with Crippen LogP contribution < -0.4 is 10.1 Å². The Labute approximate surface area is 170 Å². The summed E-state index contributed by atoms with van der Waals surface area (Å²) in [5.74, 6) is 2.60. The van der Waals surface area contributed by atoms with Crippen molar-refractivity contribution in [3.8, 4) is 5.75 Å². The third-order valence-electron chi connectivity index (χ3n) is 4.98. The van der Waals surface area contributed by atoms with Crippen molar-refractivity contribution >= 4 is 45.5 Å². The van der Waals surface area contributed by atoms with Gasteiger partial charge in [-0.1, -0.05) is 20.3 Å². The molecule has 0 fully saturated rings. The molecule has 0 bridgehead atoms. The maximum Gasteiger partial charge on any atom is 0.142 e. The molecule has 1 aliphatic carbocycles. The molecule has 1 unspecified atom stereocenters. The average Bonchev–Trinajstić information content (AvgIpc) is 3.02. The molecule has 1 aromatic carbocycles. The van der Waals surface area contributed by atoms with Gasteiger partial charge in [-0.3, -0.25) is 0 Å². The number of rotatable bonds is 6. The summed E-state index contributed by atoms with van der Waals surface area (Å²) < 4.78 is 5.74. The van der Waals surface area contributed by atoms with Crippen LogP contribution in [0.2, 0.25) is 0 Å². The van der Waals surface area contributed by atoms with Crippen LogP contribution in [0.3, 0.4) is 0 Å². The Hall–Kier alpha value is -1.85. The van der Waals surface area contributed by atoms with Gasteiger partial charge in [-0.05, 0) is 61.4 Å². The highest BCUT2D eigenvalue weighted by atomic mass is 35.5. The quantitative estimate of drug-likeness (QED) is 0.500. The third-order valence-corrected chi connectivity index (χ3v) is 6.14. The van der Waals surface area contributed by atoms with Crippen LogP contribution in [0.4, 0.5) is 11.5 Å². The minimum Gasteiger partial charge on any atom is -0.494 e. The zero-order valence-electron chi connectivity index (χ0n) is 15.8. The fraction of sp³-hybridized carbons (Fsp3) is 0.429. The normalized spacial score (nSPS) is 15.9. The Morgan fingerprint density at radius 2 is 2.04 bits per heavy atom. The summed E-state index contributed by atoms with van der Waals surface area (Å²) in [6.45, 7) is 5.28. The van der Waals surface area contributed by atoms with Crippen LogP contribution in [0.25, 0.3) is 10.2 Å². The topological polar surface area (TPSA) is 47.0 Å². The van der Waals surface area contributed by atoms with Crippen molar-refractivity contribution in [2.24, 2.45) is 5.92 Å². The molecule has 0 spiro atoms. The largest absolute Gasteiger partial charge is 0.494 e. The molecule has 1 atom stereocenters. The number of aromatic nitrogens is 2. The van der Waals surface area contributed by atoms with Crippen LogP contribution in [-0.2, 0) is 12.8 Å². The maximum absolute atomic E-state index is 5.74. The number of thiophene rings is 1. The summed E-state index contributed by atoms with van der Waals surface area (Å²) in [4.78, 5) is 11.6. The number of anilines is 2. The van der Waals surface area contributed by atoms with E-state index in [1.165, 1.54) is 28.7 Å². The number of hydrogen-bond acceptors (Lipinski definition) is 5. The lowest BCUT2D eigenvalue weighted by Crippen LogP contribution is -2.09. The van der Waals surface area contributed by atoms with E-state index in [1.807, 2.05) is 23.5 Å². The van der Waals surface area contributed by atoms with Gasteiger partial charge < -0.3 is 10.1 Å². The van der Waals surface area contributed by atoms with E-state index < -0.39 is 0 Å². The standard InChI is InChI=1S/C21H25N3OS.ClH/c1-3-4-11-25-16-8-6-15(7-9-16)24-20-19-17-10-5-14(2)12-18(17)26-21(19)23-13-22-20;/h6-9,13-14H,3-5,10-12H2,1-2H3,(H,22,23,24);1H. The lowest BCUT2D eigenvalue weighted by molar-refractivity contribution is 0.309. The van der Waals surface area contributed by atoms with Gasteiger partial charge in [-0.2, -0.15) is 0 Å². The van der Waals surface area contributed by atoms with E-state index in [2.05, 4.69) is 41.3 Å². The van der Waals surface area contributed by atoms with Crippen LogP contribution in [0.15, 0.2) is 30.6 Å². The molecule has 27 heavy (non-hydrogen) atoms. The zero-order valence-corrected chi connectivity index (χ0v) is 17.5. The first-order chi connectivity index (χ1) is 12.7. The van der Waals surface area contributed by atoms with Gasteiger partial charge in [-0.15, -0.1) is 23.7 Å². The Balaban J connectivity index is 0.00000210. The Morgan fingerprint density at radius 1 is 1.22 bits per heavy atom. The first-order valence-corrected chi connectivity index (χ1v) is 10.3. The van der Waals surface area contributed by atoms with Gasteiger partial charge in [0.05, 0.1) is 12.0 Å². The number of fused-ring (bicyclic) bond motifs is 3. The van der Waals surface area contributed by atoms with E-state index >= 15 is 0 Å². The molecule has 4 rings (SSSR count). The number of halogens is 1. The predicted molar refractivity (Wildman–Crippen MR) is 116 cm³/mol. The Bertz CT molecular complexity index is 894. The molecule has 3 aromatic rings. The van der Waals surface area contributed by atoms with Crippen molar-refractivity contribution in [1.29, 1.82) is 0 Å². The van der Waals surface area contributed by atoms with Crippen LogP contribution in [-0.4, -0.2) is 16.6 Å². The van der Waals surface area contributed by atoms with Crippen molar-refractivity contribution in [1.82, 2.24) is 9.97 Å². The second-order valence-corrected chi connectivity index (χ2v) is 8.19. The summed E-state index contributed by atoms with van der Waals surface area (Å²) in [7, 11) is 0. The first-order valence-electron chi connectivity index (χ1n) is 9.49. The van der Waals surface area contributed by atoms with Gasteiger partial charge in [-0.25, -0.2) is 9.97 Å². The van der Waals surface area contributed by atoms with E-state index in [9.17, 15) is 0 Å². The minimum atomic E-state index is 0. The summed E-state index contributed by atoms with van der Waals surface area (Å²) in [6.07, 6.45) is 7.44. The van der Waals surface area contributed by atoms with Crippen LogP contribution in [0.5, 0.6) is 5.75 Å². The molecule has 0 amide bonds. The van der Waals surface area contributed by atoms with E-state index in [0.29, 0.717) is 0 Å². The molecule has 4 nitrogen and oxygen atoms in total. The minimum absolute atomic E-state index is 0. The molecule has 0 saturated heterocycles. The van der Waals surface area contributed by atoms with E-state index in [-0.39, 0.29) is 12.4 Å². The second kappa shape index (κ2) is 8.89. The van der Waals surface area contributed by atoms with E-state index in [1.54, 1.807) is 6.33 Å². The summed E-state index contributed by atoms with van der Waals surface area (Å²) in [5.41, 5.74) is 2.47. The average molecular weight is 404 g/mol. The van der Waals surface area contributed by atoms with Gasteiger partial charge in [0.2, 0.25) is 0 Å². The number of unbranched alkanes of at least 4 members (excludes halogenated alkanes) is 1. The van der Waals surface area contributed by atoms with Crippen molar-refractivity contribution in [2.45, 2.75) is 46.0 Å². The number of nitrogens with zero attached hydrogens (tertiary/aromatic N) is 2. The number of ether oxygens (including phenoxy) is 1. The number of hydrogen-bond donors (Lipinski definition) is 1. The highest BCUT2D eigenvalue weighted by Crippen LogP contribution is 2.40. The summed E-state index contributed by atoms with van der Waals surface area (Å²) in [6, 6.07) is 8.13. The lowest BCUT2D eigenvalue weighted by Gasteiger charge is -2.18. The second-order valence-electron chi connectivity index (χ2n) is 7.11. The van der Waals surface area contributed by atoms with Crippen molar-refractivity contribution in [2.75, 3.05) is 11.9 Å². The fourth-order valence-electron chi connectivity index (χ4n) is 3.48. The molecule has 0 radical (unpaired) electrons. The lowest BCUT2D eigenvalue weighted by atomic mass is 9.89. The molecule has 2 heterocycles. The zero-order chi connectivity index (χ0) is 17.9. The van der Waals surface area contributed by atoms with Gasteiger partial charge in [0.25, 0.3) is 0 Å². The molecule has 1 aliphatic rings. The smallest absolute Gasteiger partial charge is 0.142 e.